The van der Waals surface area contributed by atoms with Crippen molar-refractivity contribution in [1.29, 1.82) is 0 Å². The molecule has 1 fully saturated rings. The van der Waals surface area contributed by atoms with E-state index in [2.05, 4.69) is 15.5 Å². The van der Waals surface area contributed by atoms with Crippen LogP contribution in [0.3, 0.4) is 0 Å². The van der Waals surface area contributed by atoms with Gasteiger partial charge in [-0.25, -0.2) is 8.42 Å². The normalized spacial score (nSPS) is 14.8. The molecule has 1 N–H and O–H groups in total. The minimum Gasteiger partial charge on any atom is -0.403 e. The lowest BCUT2D eigenvalue weighted by atomic mass is 10.2. The fourth-order valence-electron chi connectivity index (χ4n) is 3.04. The zero-order valence-electron chi connectivity index (χ0n) is 15.2. The molecule has 0 bridgehead atoms. The average Bonchev–Trinajstić information content (AvgIpc) is 3.41. The molecule has 1 amide bonds. The SMILES string of the molecule is O=C(Nc1nnc(-c2cccc(Cl)c2)o1)c1ccc(S(=O)(=O)N2CCCC2)cc1. The van der Waals surface area contributed by atoms with Gasteiger partial charge >= 0.3 is 6.01 Å². The lowest BCUT2D eigenvalue weighted by Gasteiger charge is -2.15. The van der Waals surface area contributed by atoms with Gasteiger partial charge < -0.3 is 4.42 Å². The van der Waals surface area contributed by atoms with Crippen molar-refractivity contribution in [3.8, 4) is 11.5 Å². The van der Waals surface area contributed by atoms with Gasteiger partial charge in [-0.15, -0.1) is 5.10 Å². The number of nitrogens with zero attached hydrogens (tertiary/aromatic N) is 3. The number of nitrogens with one attached hydrogen (secondary N) is 1. The zero-order chi connectivity index (χ0) is 20.4. The molecular weight excluding hydrogens is 416 g/mol. The first-order valence-electron chi connectivity index (χ1n) is 8.94. The molecule has 8 nitrogen and oxygen atoms in total. The van der Waals surface area contributed by atoms with Gasteiger partial charge in [-0.2, -0.15) is 4.31 Å². The Balaban J connectivity index is 1.46. The van der Waals surface area contributed by atoms with Gasteiger partial charge in [0.1, 0.15) is 0 Å². The molecule has 0 unspecified atom stereocenters. The maximum Gasteiger partial charge on any atom is 0.322 e. The molecule has 1 saturated heterocycles. The zero-order valence-corrected chi connectivity index (χ0v) is 16.8. The summed E-state index contributed by atoms with van der Waals surface area (Å²) in [5.74, 6) is -0.272. The Labute approximate surface area is 172 Å². The van der Waals surface area contributed by atoms with E-state index < -0.39 is 15.9 Å². The van der Waals surface area contributed by atoms with Crippen molar-refractivity contribution in [3.05, 3.63) is 59.1 Å². The summed E-state index contributed by atoms with van der Waals surface area (Å²) in [6.45, 7) is 1.05. The van der Waals surface area contributed by atoms with Gasteiger partial charge in [0.25, 0.3) is 5.91 Å². The van der Waals surface area contributed by atoms with Crippen LogP contribution in [0.25, 0.3) is 11.5 Å². The molecule has 2 aromatic carbocycles. The largest absolute Gasteiger partial charge is 0.403 e. The molecule has 10 heteroatoms. The predicted octanol–water partition coefficient (Wildman–Crippen LogP) is 3.43. The lowest BCUT2D eigenvalue weighted by Crippen LogP contribution is -2.27. The summed E-state index contributed by atoms with van der Waals surface area (Å²) < 4.78 is 32.0. The van der Waals surface area contributed by atoms with Crippen LogP contribution >= 0.6 is 11.6 Å². The Morgan fingerprint density at radius 3 is 2.48 bits per heavy atom. The second-order valence-electron chi connectivity index (χ2n) is 6.51. The fraction of sp³-hybridized carbons (Fsp3) is 0.211. The Kier molecular flexibility index (Phi) is 5.35. The Morgan fingerprint density at radius 2 is 1.79 bits per heavy atom. The summed E-state index contributed by atoms with van der Waals surface area (Å²) in [5.41, 5.74) is 0.898. The minimum atomic E-state index is -3.52. The van der Waals surface area contributed by atoms with Crippen LogP contribution in [0.5, 0.6) is 0 Å². The lowest BCUT2D eigenvalue weighted by molar-refractivity contribution is 0.102. The van der Waals surface area contributed by atoms with Crippen LogP contribution in [0.15, 0.2) is 57.8 Å². The van der Waals surface area contributed by atoms with Crippen LogP contribution in [0.1, 0.15) is 23.2 Å². The number of anilines is 1. The van der Waals surface area contributed by atoms with Crippen LogP contribution in [-0.2, 0) is 10.0 Å². The maximum absolute atomic E-state index is 12.6. The third-order valence-electron chi connectivity index (χ3n) is 4.54. The molecule has 1 aliphatic heterocycles. The summed E-state index contributed by atoms with van der Waals surface area (Å²) >= 11 is 5.95. The maximum atomic E-state index is 12.6. The summed E-state index contributed by atoms with van der Waals surface area (Å²) in [6.07, 6.45) is 1.72. The van der Waals surface area contributed by atoms with E-state index in [1.54, 1.807) is 24.3 Å². The second-order valence-corrected chi connectivity index (χ2v) is 8.89. The Bertz CT molecular complexity index is 1140. The summed E-state index contributed by atoms with van der Waals surface area (Å²) in [5, 5.41) is 10.7. The van der Waals surface area contributed by atoms with E-state index in [0.29, 0.717) is 23.7 Å². The van der Waals surface area contributed by atoms with E-state index in [1.165, 1.54) is 28.6 Å². The number of hydrogen-bond donors (Lipinski definition) is 1. The summed E-state index contributed by atoms with van der Waals surface area (Å²) in [6, 6.07) is 12.6. The molecular formula is C19H17ClN4O4S. The Morgan fingerprint density at radius 1 is 1.07 bits per heavy atom. The highest BCUT2D eigenvalue weighted by Gasteiger charge is 2.27. The summed E-state index contributed by atoms with van der Waals surface area (Å²) in [7, 11) is -3.52. The van der Waals surface area contributed by atoms with E-state index in [-0.39, 0.29) is 22.4 Å². The number of carbonyl (C=O) groups is 1. The first kappa shape index (κ1) is 19.6. The highest BCUT2D eigenvalue weighted by Crippen LogP contribution is 2.24. The van der Waals surface area contributed by atoms with Crippen LogP contribution in [0, 0.1) is 0 Å². The van der Waals surface area contributed by atoms with Crippen molar-refractivity contribution in [2.45, 2.75) is 17.7 Å². The first-order valence-corrected chi connectivity index (χ1v) is 10.8. The van der Waals surface area contributed by atoms with Crippen molar-refractivity contribution in [1.82, 2.24) is 14.5 Å². The van der Waals surface area contributed by atoms with Crippen molar-refractivity contribution in [2.75, 3.05) is 18.4 Å². The van der Waals surface area contributed by atoms with E-state index in [1.807, 2.05) is 0 Å². The highest BCUT2D eigenvalue weighted by molar-refractivity contribution is 7.89. The number of amides is 1. The van der Waals surface area contributed by atoms with Gasteiger partial charge in [0.2, 0.25) is 15.9 Å². The van der Waals surface area contributed by atoms with E-state index in [4.69, 9.17) is 16.0 Å². The van der Waals surface area contributed by atoms with Gasteiger partial charge in [0, 0.05) is 29.2 Å². The molecule has 0 radical (unpaired) electrons. The number of sulfonamides is 1. The molecule has 0 atom stereocenters. The average molecular weight is 433 g/mol. The molecule has 150 valence electrons. The molecule has 3 aromatic rings. The summed E-state index contributed by atoms with van der Waals surface area (Å²) in [4.78, 5) is 12.6. The molecule has 0 aliphatic carbocycles. The molecule has 29 heavy (non-hydrogen) atoms. The number of carbonyl (C=O) groups excluding carboxylic acids is 1. The molecule has 2 heterocycles. The van der Waals surface area contributed by atoms with E-state index in [0.717, 1.165) is 12.8 Å². The molecule has 4 rings (SSSR count). The molecule has 0 spiro atoms. The van der Waals surface area contributed by atoms with Crippen molar-refractivity contribution in [3.63, 3.8) is 0 Å². The Hall–Kier alpha value is -2.75. The van der Waals surface area contributed by atoms with Crippen LogP contribution in [0.2, 0.25) is 5.02 Å². The number of rotatable bonds is 5. The fourth-order valence-corrected chi connectivity index (χ4v) is 4.74. The number of aromatic nitrogens is 2. The van der Waals surface area contributed by atoms with Gasteiger partial charge in [-0.1, -0.05) is 22.8 Å². The predicted molar refractivity (Wildman–Crippen MR) is 107 cm³/mol. The third kappa shape index (κ3) is 4.16. The van der Waals surface area contributed by atoms with Gasteiger partial charge in [-0.3, -0.25) is 10.1 Å². The topological polar surface area (TPSA) is 105 Å². The minimum absolute atomic E-state index is 0.0706. The molecule has 1 aliphatic rings. The van der Waals surface area contributed by atoms with Crippen molar-refractivity contribution >= 4 is 33.5 Å². The third-order valence-corrected chi connectivity index (χ3v) is 6.68. The quantitative estimate of drug-likeness (QED) is 0.662. The smallest absolute Gasteiger partial charge is 0.322 e. The van der Waals surface area contributed by atoms with Crippen LogP contribution < -0.4 is 5.32 Å². The molecule has 0 saturated carbocycles. The standard InChI is InChI=1S/C19H17ClN4O4S/c20-15-5-3-4-14(12-15)18-22-23-19(28-18)21-17(25)13-6-8-16(9-7-13)29(26,27)24-10-1-2-11-24/h3-9,12H,1-2,10-11H2,(H,21,23,25). The van der Waals surface area contributed by atoms with Crippen molar-refractivity contribution < 1.29 is 17.6 Å². The number of halogens is 1. The van der Waals surface area contributed by atoms with Crippen LogP contribution in [-0.4, -0.2) is 41.9 Å². The number of hydrogen-bond acceptors (Lipinski definition) is 6. The van der Waals surface area contributed by atoms with Gasteiger partial charge in [0.05, 0.1) is 4.90 Å². The molecule has 1 aromatic heterocycles. The second kappa shape index (κ2) is 7.94. The monoisotopic (exact) mass is 432 g/mol. The van der Waals surface area contributed by atoms with Crippen LogP contribution in [0.4, 0.5) is 6.01 Å². The first-order chi connectivity index (χ1) is 13.9. The van der Waals surface area contributed by atoms with Gasteiger partial charge in [-0.05, 0) is 55.3 Å². The highest BCUT2D eigenvalue weighted by atomic mass is 35.5. The van der Waals surface area contributed by atoms with E-state index >= 15 is 0 Å². The van der Waals surface area contributed by atoms with Crippen molar-refractivity contribution in [2.24, 2.45) is 0 Å². The van der Waals surface area contributed by atoms with Gasteiger partial charge in [0.15, 0.2) is 0 Å². The van der Waals surface area contributed by atoms with E-state index in [9.17, 15) is 13.2 Å². The number of benzene rings is 2.